The van der Waals surface area contributed by atoms with Gasteiger partial charge in [-0.15, -0.1) is 0 Å². The molecule has 3 rings (SSSR count). The molecule has 0 aliphatic carbocycles. The number of hydrogen-bond acceptors (Lipinski definition) is 6. The molecule has 2 amide bonds. The fourth-order valence-corrected chi connectivity index (χ4v) is 4.06. The van der Waals surface area contributed by atoms with E-state index in [2.05, 4.69) is 4.98 Å². The van der Waals surface area contributed by atoms with E-state index in [-0.39, 0.29) is 36.0 Å². The van der Waals surface area contributed by atoms with Crippen molar-refractivity contribution in [3.63, 3.8) is 0 Å². The Morgan fingerprint density at radius 1 is 0.970 bits per heavy atom. The molecule has 33 heavy (non-hydrogen) atoms. The first-order chi connectivity index (χ1) is 15.7. The summed E-state index contributed by atoms with van der Waals surface area (Å²) in [5, 5.41) is 0. The van der Waals surface area contributed by atoms with Crippen molar-refractivity contribution in [1.29, 1.82) is 0 Å². The van der Waals surface area contributed by atoms with Crippen LogP contribution < -0.4 is 4.74 Å². The van der Waals surface area contributed by atoms with Crippen molar-refractivity contribution in [2.24, 2.45) is 0 Å². The van der Waals surface area contributed by atoms with E-state index in [0.29, 0.717) is 48.9 Å². The highest BCUT2D eigenvalue weighted by Gasteiger charge is 2.28. The van der Waals surface area contributed by atoms with Gasteiger partial charge in [-0.3, -0.25) is 14.4 Å². The molecule has 0 spiro atoms. The summed E-state index contributed by atoms with van der Waals surface area (Å²) in [6, 6.07) is 7.40. The molecule has 0 unspecified atom stereocenters. The van der Waals surface area contributed by atoms with Crippen molar-refractivity contribution in [2.75, 3.05) is 40.4 Å². The average Bonchev–Trinajstić information content (AvgIpc) is 3.14. The fourth-order valence-electron chi connectivity index (χ4n) is 4.06. The predicted octanol–water partition coefficient (Wildman–Crippen LogP) is 1.78. The number of piperazine rings is 1. The summed E-state index contributed by atoms with van der Waals surface area (Å²) >= 11 is 0. The van der Waals surface area contributed by atoms with Gasteiger partial charge >= 0.3 is 5.97 Å². The molecule has 2 aromatic rings. The van der Waals surface area contributed by atoms with Crippen molar-refractivity contribution < 1.29 is 28.7 Å². The summed E-state index contributed by atoms with van der Waals surface area (Å²) in [5.74, 6) is -0.299. The van der Waals surface area contributed by atoms with Gasteiger partial charge in [0.05, 0.1) is 38.3 Å². The second kappa shape index (κ2) is 10.3. The van der Waals surface area contributed by atoms with Crippen molar-refractivity contribution in [3.8, 4) is 5.75 Å². The van der Waals surface area contributed by atoms with E-state index in [1.54, 1.807) is 23.8 Å². The number of nitrogens with one attached hydrogen (secondary N) is 1. The molecule has 1 fully saturated rings. The Bertz CT molecular complexity index is 1070. The van der Waals surface area contributed by atoms with Crippen molar-refractivity contribution in [2.45, 2.75) is 26.7 Å². The molecule has 1 aliphatic rings. The van der Waals surface area contributed by atoms with Gasteiger partial charge in [0.15, 0.2) is 5.78 Å². The number of methoxy groups -OCH3 is 2. The maximum absolute atomic E-state index is 12.9. The molecule has 0 saturated carbocycles. The zero-order valence-corrected chi connectivity index (χ0v) is 19.4. The molecule has 9 nitrogen and oxygen atoms in total. The molecule has 1 aromatic heterocycles. The van der Waals surface area contributed by atoms with Crippen LogP contribution in [0.2, 0.25) is 0 Å². The van der Waals surface area contributed by atoms with Crippen LogP contribution in [0.25, 0.3) is 0 Å². The molecule has 0 bridgehead atoms. The number of aromatic amines is 1. The summed E-state index contributed by atoms with van der Waals surface area (Å²) in [5.41, 5.74) is 2.24. The Kier molecular flexibility index (Phi) is 7.52. The highest BCUT2D eigenvalue weighted by molar-refractivity contribution is 6.01. The summed E-state index contributed by atoms with van der Waals surface area (Å²) in [7, 11) is 2.84. The minimum absolute atomic E-state index is 0.00516. The molecule has 1 saturated heterocycles. The first-order valence-electron chi connectivity index (χ1n) is 10.7. The third kappa shape index (κ3) is 5.42. The maximum Gasteiger partial charge on any atom is 0.339 e. The van der Waals surface area contributed by atoms with Gasteiger partial charge in [-0.1, -0.05) is 12.1 Å². The predicted molar refractivity (Wildman–Crippen MR) is 120 cm³/mol. The first kappa shape index (κ1) is 24.0. The molecule has 1 aliphatic heterocycles. The number of hydrogen-bond donors (Lipinski definition) is 1. The summed E-state index contributed by atoms with van der Waals surface area (Å²) in [6.45, 7) is 4.71. The molecular formula is C24H29N3O6. The van der Waals surface area contributed by atoms with Gasteiger partial charge in [-0.25, -0.2) is 4.79 Å². The molecule has 176 valence electrons. The number of esters is 1. The quantitative estimate of drug-likeness (QED) is 0.504. The average molecular weight is 456 g/mol. The van der Waals surface area contributed by atoms with E-state index in [1.807, 2.05) is 24.3 Å². The number of carbonyl (C=O) groups is 4. The summed E-state index contributed by atoms with van der Waals surface area (Å²) in [6.07, 6.45) is 0.208. The number of rotatable bonds is 7. The molecule has 1 aromatic carbocycles. The van der Waals surface area contributed by atoms with Crippen LogP contribution in [0.1, 0.15) is 44.6 Å². The number of Topliss-reactive ketones (excluding diaryl/α,β-unsaturated/α-hetero) is 1. The lowest BCUT2D eigenvalue weighted by molar-refractivity contribution is -0.138. The van der Waals surface area contributed by atoms with Crippen LogP contribution >= 0.6 is 0 Å². The zero-order valence-electron chi connectivity index (χ0n) is 19.4. The minimum atomic E-state index is -0.591. The van der Waals surface area contributed by atoms with Crippen LogP contribution in [-0.2, 0) is 27.2 Å². The van der Waals surface area contributed by atoms with E-state index in [0.717, 1.165) is 5.56 Å². The third-order valence-corrected chi connectivity index (χ3v) is 5.87. The third-order valence-electron chi connectivity index (χ3n) is 5.87. The number of aromatic nitrogens is 1. The van der Waals surface area contributed by atoms with Crippen LogP contribution in [0, 0.1) is 6.92 Å². The first-order valence-corrected chi connectivity index (χ1v) is 10.7. The monoisotopic (exact) mass is 455 g/mol. The number of H-pyrrole nitrogens is 1. The van der Waals surface area contributed by atoms with Crippen LogP contribution in [0.4, 0.5) is 0 Å². The molecular weight excluding hydrogens is 426 g/mol. The lowest BCUT2D eigenvalue weighted by Crippen LogP contribution is -2.51. The van der Waals surface area contributed by atoms with Crippen molar-refractivity contribution in [3.05, 3.63) is 52.3 Å². The minimum Gasteiger partial charge on any atom is -0.497 e. The van der Waals surface area contributed by atoms with Crippen LogP contribution in [0.15, 0.2) is 24.3 Å². The largest absolute Gasteiger partial charge is 0.497 e. The second-order valence-electron chi connectivity index (χ2n) is 7.99. The molecule has 1 N–H and O–H groups in total. The topological polar surface area (TPSA) is 109 Å². The maximum atomic E-state index is 12.9. The van der Waals surface area contributed by atoms with Gasteiger partial charge in [-0.05, 0) is 30.2 Å². The van der Waals surface area contributed by atoms with Gasteiger partial charge in [0, 0.05) is 38.8 Å². The van der Waals surface area contributed by atoms with E-state index >= 15 is 0 Å². The van der Waals surface area contributed by atoms with Gasteiger partial charge in [-0.2, -0.15) is 0 Å². The van der Waals surface area contributed by atoms with E-state index < -0.39 is 5.97 Å². The standard InChI is InChI=1S/C24H29N3O6/c1-15-22(24(31)33-4)19(25-23(15)16(2)28)14-21(30)27-10-8-26(9-11-27)20(29)13-17-6-5-7-18(12-17)32-3/h5-7,12,25H,8-11,13-14H2,1-4H3. The van der Waals surface area contributed by atoms with Gasteiger partial charge < -0.3 is 24.3 Å². The molecule has 0 radical (unpaired) electrons. The van der Waals surface area contributed by atoms with Crippen molar-refractivity contribution in [1.82, 2.24) is 14.8 Å². The van der Waals surface area contributed by atoms with Crippen LogP contribution in [-0.4, -0.2) is 78.7 Å². The highest BCUT2D eigenvalue weighted by atomic mass is 16.5. The Balaban J connectivity index is 1.61. The number of benzene rings is 1. The summed E-state index contributed by atoms with van der Waals surface area (Å²) < 4.78 is 10.0. The lowest BCUT2D eigenvalue weighted by Gasteiger charge is -2.35. The summed E-state index contributed by atoms with van der Waals surface area (Å²) in [4.78, 5) is 56.0. The van der Waals surface area contributed by atoms with Crippen LogP contribution in [0.5, 0.6) is 5.75 Å². The molecule has 9 heteroatoms. The number of amides is 2. The Labute approximate surface area is 192 Å². The van der Waals surface area contributed by atoms with Crippen molar-refractivity contribution >= 4 is 23.6 Å². The Morgan fingerprint density at radius 2 is 1.58 bits per heavy atom. The van der Waals surface area contributed by atoms with E-state index in [4.69, 9.17) is 9.47 Å². The fraction of sp³-hybridized carbons (Fsp3) is 0.417. The van der Waals surface area contributed by atoms with Crippen LogP contribution in [0.3, 0.4) is 0 Å². The van der Waals surface area contributed by atoms with Gasteiger partial charge in [0.2, 0.25) is 11.8 Å². The zero-order chi connectivity index (χ0) is 24.1. The van der Waals surface area contributed by atoms with E-state index in [1.165, 1.54) is 14.0 Å². The Morgan fingerprint density at radius 3 is 2.12 bits per heavy atom. The normalized spacial score (nSPS) is 13.6. The van der Waals surface area contributed by atoms with E-state index in [9.17, 15) is 19.2 Å². The smallest absolute Gasteiger partial charge is 0.339 e. The second-order valence-corrected chi connectivity index (χ2v) is 7.99. The number of carbonyl (C=O) groups excluding carboxylic acids is 4. The number of ketones is 1. The Hall–Kier alpha value is -3.62. The number of nitrogens with zero attached hydrogens (tertiary/aromatic N) is 2. The molecule has 2 heterocycles. The SMILES string of the molecule is COC(=O)c1c(CC(=O)N2CCN(C(=O)Cc3cccc(OC)c3)CC2)[nH]c(C(C)=O)c1C. The molecule has 0 atom stereocenters. The van der Waals surface area contributed by atoms with Gasteiger partial charge in [0.25, 0.3) is 0 Å². The number of ether oxygens (including phenoxy) is 2. The van der Waals surface area contributed by atoms with Gasteiger partial charge in [0.1, 0.15) is 5.75 Å². The highest BCUT2D eigenvalue weighted by Crippen LogP contribution is 2.22. The lowest BCUT2D eigenvalue weighted by atomic mass is 10.1.